The highest BCUT2D eigenvalue weighted by Crippen LogP contribution is 2.05. The van der Waals surface area contributed by atoms with Crippen molar-refractivity contribution in [3.05, 3.63) is 12.7 Å². The van der Waals surface area contributed by atoms with E-state index >= 15 is 0 Å². The summed E-state index contributed by atoms with van der Waals surface area (Å²) in [6.07, 6.45) is 3.07. The van der Waals surface area contributed by atoms with Gasteiger partial charge in [-0.3, -0.25) is 0 Å². The smallest absolute Gasteiger partial charge is 0.258 e. The first-order chi connectivity index (χ1) is 9.15. The molecule has 0 spiro atoms. The lowest BCUT2D eigenvalue weighted by Crippen LogP contribution is -2.16. The Kier molecular flexibility index (Phi) is 4.18. The summed E-state index contributed by atoms with van der Waals surface area (Å²) < 4.78 is 6.81. The molecular formula is C10H16N8O. The predicted octanol–water partition coefficient (Wildman–Crippen LogP) is -0.129. The molecule has 2 rings (SSSR count). The highest BCUT2D eigenvalue weighted by atomic mass is 16.5. The molecule has 19 heavy (non-hydrogen) atoms. The van der Waals surface area contributed by atoms with Crippen LogP contribution >= 0.6 is 0 Å². The first-order valence-electron chi connectivity index (χ1n) is 5.87. The van der Waals surface area contributed by atoms with E-state index in [1.807, 2.05) is 13.8 Å². The van der Waals surface area contributed by atoms with E-state index in [9.17, 15) is 0 Å². The molecule has 9 heteroatoms. The van der Waals surface area contributed by atoms with Gasteiger partial charge in [0.2, 0.25) is 11.9 Å². The molecule has 0 fully saturated rings. The molecule has 2 aromatic rings. The van der Waals surface area contributed by atoms with Gasteiger partial charge in [-0.1, -0.05) is 0 Å². The van der Waals surface area contributed by atoms with Gasteiger partial charge in [-0.05, 0) is 13.8 Å². The maximum absolute atomic E-state index is 5.62. The quantitative estimate of drug-likeness (QED) is 0.693. The fourth-order valence-corrected chi connectivity index (χ4v) is 1.33. The van der Waals surface area contributed by atoms with Gasteiger partial charge in [0.1, 0.15) is 12.7 Å². The van der Waals surface area contributed by atoms with Crippen molar-refractivity contribution in [1.29, 1.82) is 0 Å². The number of nitrogens with two attached hydrogens (primary N) is 1. The molecule has 0 aliphatic heterocycles. The van der Waals surface area contributed by atoms with Crippen molar-refractivity contribution in [3.8, 4) is 5.95 Å². The average molecular weight is 264 g/mol. The standard InChI is InChI=1S/C10H16N8O/c1-7(2)19-4-3-13-9-15-8(11)16-10(17-9)18-6-12-5-14-18/h5-7H,3-4H2,1-2H3,(H3,11,13,15,16,17). The Morgan fingerprint density at radius 2 is 2.21 bits per heavy atom. The van der Waals surface area contributed by atoms with Gasteiger partial charge in [-0.2, -0.15) is 24.7 Å². The fraction of sp³-hybridized carbons (Fsp3) is 0.500. The Balaban J connectivity index is 2.01. The van der Waals surface area contributed by atoms with E-state index in [-0.39, 0.29) is 12.1 Å². The molecule has 9 nitrogen and oxygen atoms in total. The van der Waals surface area contributed by atoms with E-state index in [0.717, 1.165) is 0 Å². The number of ether oxygens (including phenoxy) is 1. The molecular weight excluding hydrogens is 248 g/mol. The Morgan fingerprint density at radius 3 is 2.89 bits per heavy atom. The molecule has 0 atom stereocenters. The zero-order valence-corrected chi connectivity index (χ0v) is 10.8. The molecule has 3 N–H and O–H groups in total. The number of nitrogens with one attached hydrogen (secondary N) is 1. The van der Waals surface area contributed by atoms with E-state index in [2.05, 4.69) is 30.4 Å². The van der Waals surface area contributed by atoms with Crippen LogP contribution in [-0.2, 0) is 4.74 Å². The van der Waals surface area contributed by atoms with Crippen LogP contribution in [0, 0.1) is 0 Å². The number of hydrogen-bond donors (Lipinski definition) is 2. The van der Waals surface area contributed by atoms with Crippen LogP contribution in [-0.4, -0.2) is 49.0 Å². The van der Waals surface area contributed by atoms with Crippen molar-refractivity contribution in [2.75, 3.05) is 24.2 Å². The summed E-state index contributed by atoms with van der Waals surface area (Å²) in [5, 5.41) is 6.95. The second-order valence-corrected chi connectivity index (χ2v) is 4.00. The van der Waals surface area contributed by atoms with Crippen LogP contribution in [0.2, 0.25) is 0 Å². The molecule has 2 aromatic heterocycles. The third kappa shape index (κ3) is 3.85. The minimum atomic E-state index is 0.118. The molecule has 0 aliphatic rings. The zero-order chi connectivity index (χ0) is 13.7. The molecule has 0 bridgehead atoms. The third-order valence-electron chi connectivity index (χ3n) is 2.10. The van der Waals surface area contributed by atoms with Crippen LogP contribution in [0.25, 0.3) is 5.95 Å². The topological polar surface area (TPSA) is 117 Å². The van der Waals surface area contributed by atoms with Crippen LogP contribution < -0.4 is 11.1 Å². The molecule has 2 heterocycles. The Morgan fingerprint density at radius 1 is 1.37 bits per heavy atom. The normalized spacial score (nSPS) is 10.9. The van der Waals surface area contributed by atoms with Gasteiger partial charge in [-0.25, -0.2) is 4.98 Å². The molecule has 0 radical (unpaired) electrons. The average Bonchev–Trinajstić information content (AvgIpc) is 2.87. The molecule has 0 amide bonds. The summed E-state index contributed by atoms with van der Waals surface area (Å²) in [5.41, 5.74) is 5.62. The first-order valence-corrected chi connectivity index (χ1v) is 5.87. The number of nitrogens with zero attached hydrogens (tertiary/aromatic N) is 6. The molecule has 0 aliphatic carbocycles. The highest BCUT2D eigenvalue weighted by molar-refractivity contribution is 5.34. The van der Waals surface area contributed by atoms with Gasteiger partial charge in [0, 0.05) is 6.54 Å². The maximum atomic E-state index is 5.62. The van der Waals surface area contributed by atoms with E-state index < -0.39 is 0 Å². The van der Waals surface area contributed by atoms with Gasteiger partial charge in [0.15, 0.2) is 0 Å². The predicted molar refractivity (Wildman–Crippen MR) is 68.7 cm³/mol. The van der Waals surface area contributed by atoms with Crippen molar-refractivity contribution >= 4 is 11.9 Å². The summed E-state index contributed by atoms with van der Waals surface area (Å²) in [6, 6.07) is 0. The number of aromatic nitrogens is 6. The summed E-state index contributed by atoms with van der Waals surface area (Å²) in [7, 11) is 0. The van der Waals surface area contributed by atoms with Crippen LogP contribution in [0.15, 0.2) is 12.7 Å². The van der Waals surface area contributed by atoms with Crippen LogP contribution in [0.4, 0.5) is 11.9 Å². The highest BCUT2D eigenvalue weighted by Gasteiger charge is 2.06. The number of anilines is 2. The lowest BCUT2D eigenvalue weighted by atomic mass is 10.5. The molecule has 0 aromatic carbocycles. The molecule has 102 valence electrons. The lowest BCUT2D eigenvalue weighted by molar-refractivity contribution is 0.0870. The van der Waals surface area contributed by atoms with Gasteiger partial charge >= 0.3 is 0 Å². The van der Waals surface area contributed by atoms with Gasteiger partial charge in [0.05, 0.1) is 12.7 Å². The van der Waals surface area contributed by atoms with Crippen LogP contribution in [0.3, 0.4) is 0 Å². The van der Waals surface area contributed by atoms with E-state index in [1.165, 1.54) is 17.3 Å². The summed E-state index contributed by atoms with van der Waals surface area (Å²) >= 11 is 0. The van der Waals surface area contributed by atoms with Crippen LogP contribution in [0.5, 0.6) is 0 Å². The van der Waals surface area contributed by atoms with Gasteiger partial charge in [0.25, 0.3) is 5.95 Å². The fourth-order valence-electron chi connectivity index (χ4n) is 1.33. The Labute approximate surface area is 110 Å². The number of nitrogen functional groups attached to an aromatic ring is 1. The Hall–Kier alpha value is -2.29. The van der Waals surface area contributed by atoms with Crippen molar-refractivity contribution in [1.82, 2.24) is 29.7 Å². The summed E-state index contributed by atoms with van der Waals surface area (Å²) in [4.78, 5) is 16.0. The van der Waals surface area contributed by atoms with Gasteiger partial charge < -0.3 is 15.8 Å². The van der Waals surface area contributed by atoms with Crippen molar-refractivity contribution in [3.63, 3.8) is 0 Å². The Bertz CT molecular complexity index is 512. The second kappa shape index (κ2) is 6.05. The minimum Gasteiger partial charge on any atom is -0.377 e. The van der Waals surface area contributed by atoms with E-state index in [4.69, 9.17) is 10.5 Å². The molecule has 0 unspecified atom stereocenters. The number of hydrogen-bond acceptors (Lipinski definition) is 8. The first kappa shape index (κ1) is 13.1. The van der Waals surface area contributed by atoms with Gasteiger partial charge in [-0.15, -0.1) is 0 Å². The maximum Gasteiger partial charge on any atom is 0.258 e. The molecule has 0 saturated carbocycles. The SMILES string of the molecule is CC(C)OCCNc1nc(N)nc(-n2cncn2)n1. The van der Waals surface area contributed by atoms with Crippen molar-refractivity contribution in [2.24, 2.45) is 0 Å². The lowest BCUT2D eigenvalue weighted by Gasteiger charge is -2.09. The van der Waals surface area contributed by atoms with E-state index in [1.54, 1.807) is 0 Å². The molecule has 0 saturated heterocycles. The summed E-state index contributed by atoms with van der Waals surface area (Å²) in [6.45, 7) is 5.09. The van der Waals surface area contributed by atoms with Crippen molar-refractivity contribution < 1.29 is 4.74 Å². The number of rotatable bonds is 6. The summed E-state index contributed by atoms with van der Waals surface area (Å²) in [5.74, 6) is 0.815. The zero-order valence-electron chi connectivity index (χ0n) is 10.8. The monoisotopic (exact) mass is 264 g/mol. The largest absolute Gasteiger partial charge is 0.377 e. The third-order valence-corrected chi connectivity index (χ3v) is 2.10. The van der Waals surface area contributed by atoms with Crippen molar-refractivity contribution in [2.45, 2.75) is 20.0 Å². The second-order valence-electron chi connectivity index (χ2n) is 4.00. The van der Waals surface area contributed by atoms with E-state index in [0.29, 0.717) is 25.0 Å². The minimum absolute atomic E-state index is 0.118. The van der Waals surface area contributed by atoms with Crippen LogP contribution in [0.1, 0.15) is 13.8 Å².